The van der Waals surface area contributed by atoms with Crippen molar-refractivity contribution in [1.82, 2.24) is 0 Å². The first kappa shape index (κ1) is 11.9. The van der Waals surface area contributed by atoms with E-state index in [2.05, 4.69) is 15.8 Å². The third-order valence-electron chi connectivity index (χ3n) is 1.32. The molecular weight excluding hydrogens is 200 g/mol. The molecule has 0 aromatic heterocycles. The third kappa shape index (κ3) is 8.01. The lowest BCUT2D eigenvalue weighted by Gasteiger charge is -2.01. The molecule has 12 heavy (non-hydrogen) atoms. The van der Waals surface area contributed by atoms with Crippen LogP contribution in [0.15, 0.2) is 0 Å². The minimum Gasteiger partial charge on any atom is -0.434 e. The van der Waals surface area contributed by atoms with E-state index in [0.717, 1.165) is 12.8 Å². The lowest BCUT2D eigenvalue weighted by atomic mass is 10.2. The molecule has 0 fully saturated rings. The van der Waals surface area contributed by atoms with Crippen molar-refractivity contribution in [2.45, 2.75) is 32.6 Å². The largest absolute Gasteiger partial charge is 0.521 e. The SMILES string of the molecule is CCCCCCOC(=O)OSCl. The number of rotatable bonds is 6. The zero-order valence-electron chi connectivity index (χ0n) is 7.05. The van der Waals surface area contributed by atoms with Crippen molar-refractivity contribution in [3.63, 3.8) is 0 Å². The topological polar surface area (TPSA) is 35.5 Å². The molecule has 0 heterocycles. The van der Waals surface area contributed by atoms with Gasteiger partial charge in [0.1, 0.15) is 0 Å². The van der Waals surface area contributed by atoms with Gasteiger partial charge >= 0.3 is 6.16 Å². The Balaban J connectivity index is 3.03. The fourth-order valence-corrected chi connectivity index (χ4v) is 0.988. The van der Waals surface area contributed by atoms with Crippen LogP contribution in [-0.2, 0) is 8.92 Å². The minimum absolute atomic E-state index is 0.413. The van der Waals surface area contributed by atoms with Gasteiger partial charge in [-0.2, -0.15) is 0 Å². The molecule has 0 amide bonds. The average Bonchev–Trinajstić information content (AvgIpc) is 2.05. The van der Waals surface area contributed by atoms with Gasteiger partial charge in [0, 0.05) is 10.7 Å². The standard InChI is InChI=1S/C7H13ClO3S/c1-2-3-4-5-6-10-7(9)11-12-8/h2-6H2,1H3. The second-order valence-electron chi connectivity index (χ2n) is 2.31. The number of hydrogen-bond acceptors (Lipinski definition) is 4. The van der Waals surface area contributed by atoms with Crippen molar-refractivity contribution < 1.29 is 13.7 Å². The van der Waals surface area contributed by atoms with Gasteiger partial charge in [0.15, 0.2) is 11.3 Å². The highest BCUT2D eigenvalue weighted by molar-refractivity contribution is 8.17. The van der Waals surface area contributed by atoms with Gasteiger partial charge in [-0.1, -0.05) is 26.2 Å². The van der Waals surface area contributed by atoms with E-state index in [1.54, 1.807) is 0 Å². The number of hydrogen-bond donors (Lipinski definition) is 0. The molecule has 0 aromatic rings. The summed E-state index contributed by atoms with van der Waals surface area (Å²) < 4.78 is 8.93. The second-order valence-corrected chi connectivity index (χ2v) is 2.98. The molecule has 0 spiro atoms. The van der Waals surface area contributed by atoms with E-state index in [1.165, 1.54) is 12.8 Å². The Kier molecular flexibility index (Phi) is 8.93. The number of carbonyl (C=O) groups excluding carboxylic acids is 1. The van der Waals surface area contributed by atoms with E-state index in [9.17, 15) is 4.79 Å². The van der Waals surface area contributed by atoms with Crippen molar-refractivity contribution >= 4 is 28.1 Å². The van der Waals surface area contributed by atoms with Crippen LogP contribution < -0.4 is 0 Å². The van der Waals surface area contributed by atoms with Crippen molar-refractivity contribution in [2.24, 2.45) is 0 Å². The Morgan fingerprint density at radius 1 is 1.42 bits per heavy atom. The highest BCUT2D eigenvalue weighted by Crippen LogP contribution is 2.09. The molecule has 0 saturated carbocycles. The Morgan fingerprint density at radius 3 is 2.75 bits per heavy atom. The van der Waals surface area contributed by atoms with E-state index >= 15 is 0 Å². The van der Waals surface area contributed by atoms with Gasteiger partial charge in [0.05, 0.1) is 6.61 Å². The molecule has 0 radical (unpaired) electrons. The summed E-state index contributed by atoms with van der Waals surface area (Å²) in [5.41, 5.74) is 0. The molecule has 0 aliphatic carbocycles. The van der Waals surface area contributed by atoms with Crippen LogP contribution in [0.2, 0.25) is 0 Å². The predicted octanol–water partition coefficient (Wildman–Crippen LogP) is 3.52. The molecule has 0 saturated heterocycles. The van der Waals surface area contributed by atoms with Gasteiger partial charge in [0.25, 0.3) is 0 Å². The molecule has 0 bridgehead atoms. The summed E-state index contributed by atoms with van der Waals surface area (Å²) in [7, 11) is 5.05. The molecule has 0 N–H and O–H groups in total. The maximum absolute atomic E-state index is 10.5. The maximum atomic E-state index is 10.5. The Bertz CT molecular complexity index is 121. The molecule has 0 aliphatic heterocycles. The molecule has 0 unspecified atom stereocenters. The molecular formula is C7H13ClO3S. The summed E-state index contributed by atoms with van der Waals surface area (Å²) in [6.45, 7) is 2.54. The van der Waals surface area contributed by atoms with Crippen molar-refractivity contribution in [2.75, 3.05) is 6.61 Å². The zero-order chi connectivity index (χ0) is 9.23. The van der Waals surface area contributed by atoms with E-state index in [-0.39, 0.29) is 0 Å². The minimum atomic E-state index is -0.716. The van der Waals surface area contributed by atoms with Gasteiger partial charge < -0.3 is 8.92 Å². The molecule has 0 rings (SSSR count). The zero-order valence-corrected chi connectivity index (χ0v) is 8.62. The normalized spacial score (nSPS) is 9.50. The molecule has 72 valence electrons. The molecule has 0 aromatic carbocycles. The fraction of sp³-hybridized carbons (Fsp3) is 0.857. The number of ether oxygens (including phenoxy) is 1. The van der Waals surface area contributed by atoms with E-state index in [0.29, 0.717) is 17.9 Å². The number of carbonyl (C=O) groups is 1. The van der Waals surface area contributed by atoms with Crippen molar-refractivity contribution in [3.8, 4) is 0 Å². The van der Waals surface area contributed by atoms with Crippen LogP contribution in [0.4, 0.5) is 4.79 Å². The van der Waals surface area contributed by atoms with Gasteiger partial charge in [0.2, 0.25) is 0 Å². The maximum Gasteiger partial charge on any atom is 0.521 e. The van der Waals surface area contributed by atoms with Crippen LogP contribution in [0.5, 0.6) is 0 Å². The van der Waals surface area contributed by atoms with Crippen LogP contribution in [0.1, 0.15) is 32.6 Å². The lowest BCUT2D eigenvalue weighted by Crippen LogP contribution is -2.03. The van der Waals surface area contributed by atoms with Crippen LogP contribution >= 0.6 is 21.9 Å². The molecule has 0 atom stereocenters. The monoisotopic (exact) mass is 212 g/mol. The van der Waals surface area contributed by atoms with Crippen LogP contribution in [-0.4, -0.2) is 12.8 Å². The Morgan fingerprint density at radius 2 is 2.17 bits per heavy atom. The Hall–Kier alpha value is -0.0900. The number of unbranched alkanes of at least 4 members (excludes halogenated alkanes) is 3. The smallest absolute Gasteiger partial charge is 0.434 e. The predicted molar refractivity (Wildman–Crippen MR) is 50.0 cm³/mol. The van der Waals surface area contributed by atoms with E-state index in [4.69, 9.17) is 10.7 Å². The summed E-state index contributed by atoms with van der Waals surface area (Å²) in [6.07, 6.45) is 3.59. The van der Waals surface area contributed by atoms with E-state index < -0.39 is 6.16 Å². The Labute approximate surface area is 81.5 Å². The van der Waals surface area contributed by atoms with Crippen LogP contribution in [0.25, 0.3) is 0 Å². The molecule has 0 aliphatic rings. The molecule has 3 nitrogen and oxygen atoms in total. The van der Waals surface area contributed by atoms with Crippen molar-refractivity contribution in [1.29, 1.82) is 0 Å². The van der Waals surface area contributed by atoms with Gasteiger partial charge in [-0.3, -0.25) is 0 Å². The summed E-state index contributed by atoms with van der Waals surface area (Å²) in [4.78, 5) is 10.5. The van der Waals surface area contributed by atoms with Gasteiger partial charge in [-0.05, 0) is 6.42 Å². The summed E-state index contributed by atoms with van der Waals surface area (Å²) in [6, 6.07) is 0. The molecule has 5 heteroatoms. The number of halogens is 1. The quantitative estimate of drug-likeness (QED) is 0.383. The first-order valence-corrected chi connectivity index (χ1v) is 5.50. The summed E-state index contributed by atoms with van der Waals surface area (Å²) in [5.74, 6) is 0. The lowest BCUT2D eigenvalue weighted by molar-refractivity contribution is 0.105. The highest BCUT2D eigenvalue weighted by atomic mass is 35.7. The highest BCUT2D eigenvalue weighted by Gasteiger charge is 2.02. The summed E-state index contributed by atoms with van der Waals surface area (Å²) >= 11 is 0.476. The van der Waals surface area contributed by atoms with Gasteiger partial charge in [-0.15, -0.1) is 0 Å². The third-order valence-corrected chi connectivity index (χ3v) is 1.71. The average molecular weight is 213 g/mol. The first-order chi connectivity index (χ1) is 5.81. The van der Waals surface area contributed by atoms with Crippen LogP contribution in [0, 0.1) is 0 Å². The second kappa shape index (κ2) is 9.00. The van der Waals surface area contributed by atoms with Gasteiger partial charge in [-0.25, -0.2) is 4.79 Å². The van der Waals surface area contributed by atoms with E-state index in [1.807, 2.05) is 0 Å². The van der Waals surface area contributed by atoms with Crippen molar-refractivity contribution in [3.05, 3.63) is 0 Å². The fourth-order valence-electron chi connectivity index (χ4n) is 0.734. The van der Waals surface area contributed by atoms with Crippen LogP contribution in [0.3, 0.4) is 0 Å². The summed E-state index contributed by atoms with van der Waals surface area (Å²) in [5, 5.41) is 0. The first-order valence-electron chi connectivity index (χ1n) is 3.93.